The number of anilines is 2. The largest absolute Gasteiger partial charge is 0.495 e. The lowest BCUT2D eigenvalue weighted by atomic mass is 9.85. The number of carbonyl (C=O) groups is 1. The van der Waals surface area contributed by atoms with Gasteiger partial charge in [-0.2, -0.15) is 10.1 Å². The average Bonchev–Trinajstić information content (AvgIpc) is 3.14. The SMILES string of the molecule is COc1cc2c(cc1Nc1ncc3c(C)nn([C@@H]4CCC[C@@H](C(N)=O)C4)c3n1)CN(C)CC2. The zero-order valence-electron chi connectivity index (χ0n) is 19.5. The summed E-state index contributed by atoms with van der Waals surface area (Å²) in [6, 6.07) is 4.35. The summed E-state index contributed by atoms with van der Waals surface area (Å²) in [6.45, 7) is 3.92. The Hall–Kier alpha value is -3.20. The van der Waals surface area contributed by atoms with E-state index in [4.69, 9.17) is 20.6 Å². The standard InChI is InChI=1S/C24H31N7O2/c1-14-19-12-26-24(27-20-10-17-13-30(2)8-7-15(17)11-21(20)33-3)28-23(19)31(29-14)18-6-4-5-16(9-18)22(25)32/h10-12,16,18H,4-9,13H2,1-3H3,(H2,25,32)(H,26,27,28)/t16-,18-/m1/s1. The van der Waals surface area contributed by atoms with Crippen LogP contribution in [-0.2, 0) is 17.8 Å². The number of ether oxygens (including phenoxy) is 1. The van der Waals surface area contributed by atoms with Crippen molar-refractivity contribution in [3.8, 4) is 5.75 Å². The van der Waals surface area contributed by atoms with E-state index < -0.39 is 0 Å². The van der Waals surface area contributed by atoms with Gasteiger partial charge in [0.25, 0.3) is 0 Å². The van der Waals surface area contributed by atoms with Gasteiger partial charge in [-0.1, -0.05) is 6.42 Å². The number of likely N-dealkylation sites (N-methyl/N-ethyl adjacent to an activating group) is 1. The molecule has 1 saturated carbocycles. The van der Waals surface area contributed by atoms with Crippen molar-refractivity contribution in [2.24, 2.45) is 11.7 Å². The van der Waals surface area contributed by atoms with Gasteiger partial charge in [0.05, 0.1) is 29.9 Å². The highest BCUT2D eigenvalue weighted by atomic mass is 16.5. The topological polar surface area (TPSA) is 111 Å². The van der Waals surface area contributed by atoms with Gasteiger partial charge in [0, 0.05) is 25.2 Å². The Labute approximate surface area is 193 Å². The summed E-state index contributed by atoms with van der Waals surface area (Å²) in [4.78, 5) is 23.5. The lowest BCUT2D eigenvalue weighted by Crippen LogP contribution is -2.30. The molecule has 174 valence electrons. The van der Waals surface area contributed by atoms with E-state index in [0.717, 1.165) is 66.9 Å². The Morgan fingerprint density at radius 1 is 1.27 bits per heavy atom. The third-order valence-electron chi connectivity index (χ3n) is 7.00. The van der Waals surface area contributed by atoms with E-state index >= 15 is 0 Å². The van der Waals surface area contributed by atoms with Crippen LogP contribution in [0.3, 0.4) is 0 Å². The van der Waals surface area contributed by atoms with Gasteiger partial charge < -0.3 is 20.7 Å². The fourth-order valence-electron chi connectivity index (χ4n) is 5.14. The Kier molecular flexibility index (Phi) is 5.65. The number of aryl methyl sites for hydroxylation is 1. The van der Waals surface area contributed by atoms with Crippen molar-refractivity contribution in [1.82, 2.24) is 24.6 Å². The molecule has 1 amide bonds. The highest BCUT2D eigenvalue weighted by Crippen LogP contribution is 2.36. The molecular weight excluding hydrogens is 418 g/mol. The molecule has 3 N–H and O–H groups in total. The van der Waals surface area contributed by atoms with E-state index in [1.54, 1.807) is 7.11 Å². The number of amides is 1. The molecule has 0 unspecified atom stereocenters. The van der Waals surface area contributed by atoms with Crippen molar-refractivity contribution in [2.45, 2.75) is 51.6 Å². The summed E-state index contributed by atoms with van der Waals surface area (Å²) in [5, 5.41) is 9.04. The van der Waals surface area contributed by atoms with Crippen LogP contribution in [0.2, 0.25) is 0 Å². The van der Waals surface area contributed by atoms with Crippen LogP contribution in [0, 0.1) is 12.8 Å². The van der Waals surface area contributed by atoms with E-state index in [0.29, 0.717) is 12.4 Å². The monoisotopic (exact) mass is 449 g/mol. The predicted octanol–water partition coefficient (Wildman–Crippen LogP) is 3.09. The van der Waals surface area contributed by atoms with E-state index in [2.05, 4.69) is 34.4 Å². The Bertz CT molecular complexity index is 1210. The van der Waals surface area contributed by atoms with Crippen LogP contribution in [0.25, 0.3) is 11.0 Å². The van der Waals surface area contributed by atoms with Gasteiger partial charge in [0.15, 0.2) is 5.65 Å². The fourth-order valence-corrected chi connectivity index (χ4v) is 5.14. The van der Waals surface area contributed by atoms with E-state index in [1.807, 2.05) is 17.8 Å². The number of hydrogen-bond donors (Lipinski definition) is 2. The molecule has 2 atom stereocenters. The molecule has 0 radical (unpaired) electrons. The van der Waals surface area contributed by atoms with Gasteiger partial charge in [-0.15, -0.1) is 0 Å². The summed E-state index contributed by atoms with van der Waals surface area (Å²) in [5.41, 5.74) is 10.7. The van der Waals surface area contributed by atoms with Crippen LogP contribution in [0.1, 0.15) is 48.5 Å². The summed E-state index contributed by atoms with van der Waals surface area (Å²) < 4.78 is 7.63. The van der Waals surface area contributed by atoms with E-state index in [1.165, 1.54) is 11.1 Å². The van der Waals surface area contributed by atoms with Gasteiger partial charge >= 0.3 is 0 Å². The van der Waals surface area contributed by atoms with Gasteiger partial charge in [0.2, 0.25) is 11.9 Å². The second-order valence-corrected chi connectivity index (χ2v) is 9.31. The lowest BCUT2D eigenvalue weighted by molar-refractivity contribution is -0.123. The van der Waals surface area contributed by atoms with E-state index in [9.17, 15) is 4.79 Å². The highest BCUT2D eigenvalue weighted by molar-refractivity contribution is 5.79. The molecule has 5 rings (SSSR count). The van der Waals surface area contributed by atoms with Crippen molar-refractivity contribution in [1.29, 1.82) is 0 Å². The number of nitrogens with one attached hydrogen (secondary N) is 1. The fraction of sp³-hybridized carbons (Fsp3) is 0.500. The van der Waals surface area contributed by atoms with Crippen molar-refractivity contribution in [3.63, 3.8) is 0 Å². The first-order chi connectivity index (χ1) is 15.9. The summed E-state index contributed by atoms with van der Waals surface area (Å²) in [6.07, 6.45) is 6.28. The first kappa shape index (κ1) is 21.6. The highest BCUT2D eigenvalue weighted by Gasteiger charge is 2.29. The first-order valence-electron chi connectivity index (χ1n) is 11.6. The molecule has 3 heterocycles. The first-order valence-corrected chi connectivity index (χ1v) is 11.6. The number of aromatic nitrogens is 4. The molecule has 0 saturated heterocycles. The van der Waals surface area contributed by atoms with Crippen LogP contribution in [0.5, 0.6) is 5.75 Å². The predicted molar refractivity (Wildman–Crippen MR) is 127 cm³/mol. The molecule has 9 nitrogen and oxygen atoms in total. The van der Waals surface area contributed by atoms with Crippen LogP contribution >= 0.6 is 0 Å². The second kappa shape index (κ2) is 8.62. The molecule has 1 aromatic carbocycles. The number of carbonyl (C=O) groups excluding carboxylic acids is 1. The number of rotatable bonds is 5. The third-order valence-corrected chi connectivity index (χ3v) is 7.00. The van der Waals surface area contributed by atoms with Crippen molar-refractivity contribution < 1.29 is 9.53 Å². The number of nitrogens with two attached hydrogens (primary N) is 1. The number of methoxy groups -OCH3 is 1. The van der Waals surface area contributed by atoms with Crippen molar-refractivity contribution in [3.05, 3.63) is 35.2 Å². The molecule has 3 aromatic rings. The summed E-state index contributed by atoms with van der Waals surface area (Å²) in [5.74, 6) is 0.937. The van der Waals surface area contributed by atoms with E-state index in [-0.39, 0.29) is 17.9 Å². The smallest absolute Gasteiger partial charge is 0.229 e. The molecule has 2 aliphatic rings. The molecule has 9 heteroatoms. The maximum absolute atomic E-state index is 11.8. The number of benzene rings is 1. The van der Waals surface area contributed by atoms with Gasteiger partial charge in [0.1, 0.15) is 5.75 Å². The quantitative estimate of drug-likeness (QED) is 0.616. The van der Waals surface area contributed by atoms with Gasteiger partial charge in [-0.05, 0) is 62.9 Å². The number of fused-ring (bicyclic) bond motifs is 2. The summed E-state index contributed by atoms with van der Waals surface area (Å²) in [7, 11) is 3.82. The zero-order valence-corrected chi connectivity index (χ0v) is 19.5. The van der Waals surface area contributed by atoms with Crippen LogP contribution in [0.15, 0.2) is 18.3 Å². The van der Waals surface area contributed by atoms with Crippen LogP contribution < -0.4 is 15.8 Å². The van der Waals surface area contributed by atoms with Crippen LogP contribution in [-0.4, -0.2) is 51.3 Å². The maximum atomic E-state index is 11.8. The normalized spacial score (nSPS) is 21.1. The van der Waals surface area contributed by atoms with Crippen molar-refractivity contribution in [2.75, 3.05) is 26.0 Å². The van der Waals surface area contributed by atoms with Gasteiger partial charge in [-0.25, -0.2) is 9.67 Å². The Morgan fingerprint density at radius 2 is 2.12 bits per heavy atom. The molecular formula is C24H31N7O2. The minimum Gasteiger partial charge on any atom is -0.495 e. The lowest BCUT2D eigenvalue weighted by Gasteiger charge is -2.27. The number of hydrogen-bond acceptors (Lipinski definition) is 7. The number of primary amides is 1. The molecule has 1 aliphatic carbocycles. The van der Waals surface area contributed by atoms with Gasteiger partial charge in [-0.3, -0.25) is 4.79 Å². The third kappa shape index (κ3) is 4.13. The van der Waals surface area contributed by atoms with Crippen LogP contribution in [0.4, 0.5) is 11.6 Å². The average molecular weight is 450 g/mol. The zero-order chi connectivity index (χ0) is 23.1. The number of nitrogens with zero attached hydrogens (tertiary/aromatic N) is 5. The molecule has 33 heavy (non-hydrogen) atoms. The molecule has 1 aliphatic heterocycles. The minimum atomic E-state index is -0.227. The minimum absolute atomic E-state index is 0.101. The molecule has 2 aromatic heterocycles. The Balaban J connectivity index is 1.48. The summed E-state index contributed by atoms with van der Waals surface area (Å²) >= 11 is 0. The molecule has 1 fully saturated rings. The maximum Gasteiger partial charge on any atom is 0.229 e. The molecule has 0 bridgehead atoms. The second-order valence-electron chi connectivity index (χ2n) is 9.31. The Morgan fingerprint density at radius 3 is 2.91 bits per heavy atom. The molecule has 0 spiro atoms. The van der Waals surface area contributed by atoms with Crippen molar-refractivity contribution >= 4 is 28.6 Å².